The molecule has 1 aromatic carbocycles. The molecular weight excluding hydrogens is 254 g/mol. The number of nitrogens with zero attached hydrogens (tertiary/aromatic N) is 3. The van der Waals surface area contributed by atoms with Gasteiger partial charge in [-0.25, -0.2) is 4.63 Å². The molecule has 0 N–H and O–H groups in total. The molecule has 4 rings (SSSR count). The van der Waals surface area contributed by atoms with E-state index in [1.165, 1.54) is 24.8 Å². The average molecular weight is 273 g/mol. The smallest absolute Gasteiger partial charge is 0.139 e. The van der Waals surface area contributed by atoms with Gasteiger partial charge in [0.25, 0.3) is 0 Å². The summed E-state index contributed by atoms with van der Waals surface area (Å²) in [5, 5.41) is 7.95. The molecule has 5 heteroatoms. The minimum absolute atomic E-state index is 0.397. The van der Waals surface area contributed by atoms with Crippen LogP contribution in [0.1, 0.15) is 24.8 Å². The van der Waals surface area contributed by atoms with Crippen molar-refractivity contribution in [2.45, 2.75) is 25.8 Å². The second kappa shape index (κ2) is 4.82. The fourth-order valence-electron chi connectivity index (χ4n) is 3.65. The highest BCUT2D eigenvalue weighted by Gasteiger charge is 2.38. The van der Waals surface area contributed by atoms with Crippen molar-refractivity contribution in [2.24, 2.45) is 5.41 Å². The van der Waals surface area contributed by atoms with Crippen LogP contribution in [0.25, 0.3) is 11.0 Å². The summed E-state index contributed by atoms with van der Waals surface area (Å²) in [5.74, 6) is 0. The maximum absolute atomic E-state index is 5.63. The fraction of sp³-hybridized carbons (Fsp3) is 0.600. The highest BCUT2D eigenvalue weighted by molar-refractivity contribution is 5.76. The van der Waals surface area contributed by atoms with Crippen molar-refractivity contribution < 1.29 is 9.37 Å². The summed E-state index contributed by atoms with van der Waals surface area (Å²) >= 11 is 0. The summed E-state index contributed by atoms with van der Waals surface area (Å²) in [6, 6.07) is 6.09. The molecule has 2 aliphatic rings. The number of hydrogen-bond acceptors (Lipinski definition) is 5. The quantitative estimate of drug-likeness (QED) is 0.839. The summed E-state index contributed by atoms with van der Waals surface area (Å²) in [4.78, 5) is 2.53. The third-order valence-electron chi connectivity index (χ3n) is 4.69. The summed E-state index contributed by atoms with van der Waals surface area (Å²) in [5.41, 5.74) is 3.35. The fourth-order valence-corrected chi connectivity index (χ4v) is 3.65. The maximum atomic E-state index is 5.63. The number of fused-ring (bicyclic) bond motifs is 1. The zero-order chi connectivity index (χ0) is 13.4. The zero-order valence-corrected chi connectivity index (χ0v) is 11.5. The second-order valence-electron chi connectivity index (χ2n) is 6.17. The number of benzene rings is 1. The van der Waals surface area contributed by atoms with E-state index in [0.717, 1.165) is 43.9 Å². The van der Waals surface area contributed by atoms with E-state index in [0.29, 0.717) is 5.41 Å². The van der Waals surface area contributed by atoms with Crippen molar-refractivity contribution in [2.75, 3.05) is 26.3 Å². The molecule has 106 valence electrons. The molecule has 0 saturated carbocycles. The minimum atomic E-state index is 0.397. The van der Waals surface area contributed by atoms with Crippen LogP contribution in [0.4, 0.5) is 0 Å². The lowest BCUT2D eigenvalue weighted by molar-refractivity contribution is 0.0646. The van der Waals surface area contributed by atoms with Crippen molar-refractivity contribution in [3.8, 4) is 0 Å². The Balaban J connectivity index is 1.55. The largest absolute Gasteiger partial charge is 0.381 e. The van der Waals surface area contributed by atoms with Crippen molar-refractivity contribution in [1.29, 1.82) is 0 Å². The normalized spacial score (nSPS) is 27.6. The number of aromatic nitrogens is 2. The standard InChI is InChI=1S/C15H19N3O2/c1-3-12(14-13(4-1)16-20-17-14)9-18-7-2-5-15(10-18)6-8-19-11-15/h1,3-4H,2,5-11H2/t15-/m1/s1. The Morgan fingerprint density at radius 2 is 2.25 bits per heavy atom. The number of piperidine rings is 1. The molecule has 5 nitrogen and oxygen atoms in total. The maximum Gasteiger partial charge on any atom is 0.139 e. The molecule has 1 aromatic heterocycles. The van der Waals surface area contributed by atoms with Crippen molar-refractivity contribution in [1.82, 2.24) is 15.2 Å². The Morgan fingerprint density at radius 1 is 1.25 bits per heavy atom. The third-order valence-corrected chi connectivity index (χ3v) is 4.69. The minimum Gasteiger partial charge on any atom is -0.381 e. The second-order valence-corrected chi connectivity index (χ2v) is 6.17. The molecule has 0 radical (unpaired) electrons. The highest BCUT2D eigenvalue weighted by atomic mass is 16.6. The number of ether oxygens (including phenoxy) is 1. The van der Waals surface area contributed by atoms with Crippen LogP contribution in [0.3, 0.4) is 0 Å². The lowest BCUT2D eigenvalue weighted by Gasteiger charge is -2.39. The Hall–Kier alpha value is -1.46. The monoisotopic (exact) mass is 273 g/mol. The number of hydrogen-bond donors (Lipinski definition) is 0. The first kappa shape index (κ1) is 12.3. The van der Waals surface area contributed by atoms with Crippen molar-refractivity contribution in [3.05, 3.63) is 23.8 Å². The molecule has 0 amide bonds. The summed E-state index contributed by atoms with van der Waals surface area (Å²) < 4.78 is 10.5. The molecule has 2 saturated heterocycles. The van der Waals surface area contributed by atoms with Crippen LogP contribution in [-0.2, 0) is 11.3 Å². The van der Waals surface area contributed by atoms with Crippen LogP contribution in [0.15, 0.2) is 22.8 Å². The topological polar surface area (TPSA) is 51.4 Å². The number of likely N-dealkylation sites (tertiary alicyclic amines) is 1. The Bertz CT molecular complexity index is 604. The van der Waals surface area contributed by atoms with E-state index in [4.69, 9.17) is 9.37 Å². The van der Waals surface area contributed by atoms with Crippen LogP contribution in [-0.4, -0.2) is 41.5 Å². The molecule has 2 aromatic rings. The molecule has 0 unspecified atom stereocenters. The van der Waals surface area contributed by atoms with Gasteiger partial charge < -0.3 is 4.74 Å². The van der Waals surface area contributed by atoms with E-state index >= 15 is 0 Å². The molecule has 3 heterocycles. The SMILES string of the molecule is c1cc(CN2CCC[C@@]3(CCOC3)C2)c2nonc2c1. The third kappa shape index (κ3) is 2.11. The zero-order valence-electron chi connectivity index (χ0n) is 11.5. The van der Waals surface area contributed by atoms with Gasteiger partial charge >= 0.3 is 0 Å². The van der Waals surface area contributed by atoms with E-state index in [9.17, 15) is 0 Å². The van der Waals surface area contributed by atoms with Gasteiger partial charge in [0.1, 0.15) is 11.0 Å². The molecule has 2 fully saturated rings. The Kier molecular flexibility index (Phi) is 2.97. The molecule has 2 aliphatic heterocycles. The molecule has 20 heavy (non-hydrogen) atoms. The van der Waals surface area contributed by atoms with Gasteiger partial charge in [-0.1, -0.05) is 12.1 Å². The van der Waals surface area contributed by atoms with Crippen molar-refractivity contribution >= 4 is 11.0 Å². The van der Waals surface area contributed by atoms with Crippen LogP contribution in [0, 0.1) is 5.41 Å². The first-order valence-corrected chi connectivity index (χ1v) is 7.35. The van der Waals surface area contributed by atoms with Crippen LogP contribution in [0.2, 0.25) is 0 Å². The van der Waals surface area contributed by atoms with Crippen LogP contribution >= 0.6 is 0 Å². The van der Waals surface area contributed by atoms with Gasteiger partial charge in [0, 0.05) is 25.1 Å². The number of rotatable bonds is 2. The van der Waals surface area contributed by atoms with E-state index in [-0.39, 0.29) is 0 Å². The first-order valence-electron chi connectivity index (χ1n) is 7.35. The highest BCUT2D eigenvalue weighted by Crippen LogP contribution is 2.38. The summed E-state index contributed by atoms with van der Waals surface area (Å²) in [7, 11) is 0. The van der Waals surface area contributed by atoms with E-state index < -0.39 is 0 Å². The van der Waals surface area contributed by atoms with Gasteiger partial charge in [-0.2, -0.15) is 0 Å². The lowest BCUT2D eigenvalue weighted by Crippen LogP contribution is -2.43. The Labute approximate surface area is 117 Å². The average Bonchev–Trinajstić information content (AvgIpc) is 3.09. The van der Waals surface area contributed by atoms with Crippen LogP contribution in [0.5, 0.6) is 0 Å². The predicted molar refractivity (Wildman–Crippen MR) is 74.2 cm³/mol. The van der Waals surface area contributed by atoms with Gasteiger partial charge in [-0.3, -0.25) is 4.90 Å². The summed E-state index contributed by atoms with van der Waals surface area (Å²) in [6.45, 7) is 5.07. The van der Waals surface area contributed by atoms with Gasteiger partial charge in [0.05, 0.1) is 6.61 Å². The lowest BCUT2D eigenvalue weighted by atomic mass is 9.79. The van der Waals surface area contributed by atoms with Gasteiger partial charge in [-0.15, -0.1) is 0 Å². The molecule has 0 bridgehead atoms. The molecule has 0 aliphatic carbocycles. The van der Waals surface area contributed by atoms with E-state index in [1.807, 2.05) is 12.1 Å². The van der Waals surface area contributed by atoms with Gasteiger partial charge in [0.2, 0.25) is 0 Å². The molecule has 1 spiro atoms. The van der Waals surface area contributed by atoms with Crippen LogP contribution < -0.4 is 0 Å². The molecule has 1 atom stereocenters. The van der Waals surface area contributed by atoms with E-state index in [1.54, 1.807) is 0 Å². The first-order chi connectivity index (χ1) is 9.85. The Morgan fingerprint density at radius 3 is 3.15 bits per heavy atom. The van der Waals surface area contributed by atoms with Gasteiger partial charge in [0.15, 0.2) is 0 Å². The summed E-state index contributed by atoms with van der Waals surface area (Å²) in [6.07, 6.45) is 3.77. The van der Waals surface area contributed by atoms with Gasteiger partial charge in [-0.05, 0) is 47.8 Å². The predicted octanol–water partition coefficient (Wildman–Crippen LogP) is 2.23. The van der Waals surface area contributed by atoms with Crippen molar-refractivity contribution in [3.63, 3.8) is 0 Å². The van der Waals surface area contributed by atoms with E-state index in [2.05, 4.69) is 21.3 Å². The molecular formula is C15H19N3O2.